The fourth-order valence-corrected chi connectivity index (χ4v) is 3.54. The Labute approximate surface area is 157 Å². The second-order valence-corrected chi connectivity index (χ2v) is 7.01. The molecule has 0 aliphatic carbocycles. The van der Waals surface area contributed by atoms with Gasteiger partial charge in [-0.1, -0.05) is 26.0 Å². The summed E-state index contributed by atoms with van der Waals surface area (Å²) in [5.74, 6) is 1.92. The van der Waals surface area contributed by atoms with E-state index in [2.05, 4.69) is 64.7 Å². The van der Waals surface area contributed by atoms with Crippen LogP contribution in [0.3, 0.4) is 0 Å². The summed E-state index contributed by atoms with van der Waals surface area (Å²) in [6.07, 6.45) is 4.13. The quantitative estimate of drug-likeness (QED) is 0.758. The van der Waals surface area contributed by atoms with Crippen LogP contribution in [0, 0.1) is 6.92 Å². The summed E-state index contributed by atoms with van der Waals surface area (Å²) in [6, 6.07) is 10.8. The van der Waals surface area contributed by atoms with Crippen molar-refractivity contribution in [3.8, 4) is 0 Å². The van der Waals surface area contributed by atoms with E-state index in [9.17, 15) is 0 Å². The van der Waals surface area contributed by atoms with Crippen molar-refractivity contribution < 1.29 is 0 Å². The topological polar surface area (TPSA) is 35.5 Å². The van der Waals surface area contributed by atoms with E-state index in [0.29, 0.717) is 0 Å². The lowest BCUT2D eigenvalue weighted by Gasteiger charge is -2.37. The van der Waals surface area contributed by atoms with Crippen molar-refractivity contribution in [2.24, 2.45) is 0 Å². The Balaban J connectivity index is 1.66. The van der Waals surface area contributed by atoms with Crippen LogP contribution >= 0.6 is 0 Å². The molecule has 1 fully saturated rings. The molecule has 1 saturated heterocycles. The Bertz CT molecular complexity index is 688. The number of hydrogen-bond donors (Lipinski definition) is 0. The fourth-order valence-electron chi connectivity index (χ4n) is 3.54. The highest BCUT2D eigenvalue weighted by atomic mass is 15.3. The summed E-state index contributed by atoms with van der Waals surface area (Å²) in [7, 11) is 0. The van der Waals surface area contributed by atoms with Crippen LogP contribution in [0.4, 0.5) is 17.5 Å². The van der Waals surface area contributed by atoms with Crippen molar-refractivity contribution in [2.75, 3.05) is 54.0 Å². The predicted octanol–water partition coefficient (Wildman–Crippen LogP) is 3.74. The van der Waals surface area contributed by atoms with Gasteiger partial charge in [0.05, 0.1) is 0 Å². The van der Waals surface area contributed by atoms with Crippen LogP contribution in [-0.2, 0) is 0 Å². The van der Waals surface area contributed by atoms with Gasteiger partial charge in [0.1, 0.15) is 5.82 Å². The molecule has 5 heteroatoms. The minimum atomic E-state index is 0.868. The maximum absolute atomic E-state index is 4.87. The molecular weight excluding hydrogens is 322 g/mol. The lowest BCUT2D eigenvalue weighted by atomic mass is 10.2. The second-order valence-electron chi connectivity index (χ2n) is 7.01. The zero-order chi connectivity index (χ0) is 18.4. The minimum absolute atomic E-state index is 0.868. The van der Waals surface area contributed by atoms with E-state index in [0.717, 1.165) is 63.9 Å². The number of piperazine rings is 1. The summed E-state index contributed by atoms with van der Waals surface area (Å²) in [6.45, 7) is 12.6. The van der Waals surface area contributed by atoms with Gasteiger partial charge < -0.3 is 14.7 Å². The van der Waals surface area contributed by atoms with Crippen molar-refractivity contribution in [3.63, 3.8) is 0 Å². The van der Waals surface area contributed by atoms with Gasteiger partial charge in [-0.25, -0.2) is 4.98 Å². The highest BCUT2D eigenvalue weighted by Crippen LogP contribution is 2.21. The molecule has 0 amide bonds. The molecular formula is C21H31N5. The van der Waals surface area contributed by atoms with Crippen molar-refractivity contribution in [1.29, 1.82) is 0 Å². The summed E-state index contributed by atoms with van der Waals surface area (Å²) in [5.41, 5.74) is 2.64. The van der Waals surface area contributed by atoms with Crippen LogP contribution in [0.1, 0.15) is 32.3 Å². The Morgan fingerprint density at radius 1 is 0.962 bits per heavy atom. The van der Waals surface area contributed by atoms with Crippen LogP contribution in [0.5, 0.6) is 0 Å². The molecule has 3 rings (SSSR count). The Kier molecular flexibility index (Phi) is 6.31. The third kappa shape index (κ3) is 4.45. The van der Waals surface area contributed by atoms with Gasteiger partial charge in [-0.15, -0.1) is 0 Å². The van der Waals surface area contributed by atoms with E-state index in [-0.39, 0.29) is 0 Å². The van der Waals surface area contributed by atoms with E-state index in [1.54, 1.807) is 0 Å². The van der Waals surface area contributed by atoms with Crippen molar-refractivity contribution in [3.05, 3.63) is 42.1 Å². The minimum Gasteiger partial charge on any atom is -0.368 e. The van der Waals surface area contributed by atoms with Crippen LogP contribution in [0.15, 0.2) is 36.5 Å². The van der Waals surface area contributed by atoms with Crippen LogP contribution in [-0.4, -0.2) is 49.2 Å². The number of hydrogen-bond acceptors (Lipinski definition) is 5. The molecule has 0 saturated carbocycles. The third-order valence-electron chi connectivity index (χ3n) is 4.87. The van der Waals surface area contributed by atoms with Crippen molar-refractivity contribution in [1.82, 2.24) is 9.97 Å². The Hall–Kier alpha value is -2.30. The molecule has 0 spiro atoms. The lowest BCUT2D eigenvalue weighted by Crippen LogP contribution is -2.47. The molecule has 140 valence electrons. The molecule has 2 heterocycles. The van der Waals surface area contributed by atoms with Gasteiger partial charge in [-0.3, -0.25) is 0 Å². The van der Waals surface area contributed by atoms with Gasteiger partial charge in [0.2, 0.25) is 5.95 Å². The van der Waals surface area contributed by atoms with Crippen molar-refractivity contribution >= 4 is 17.5 Å². The molecule has 2 aromatic rings. The highest BCUT2D eigenvalue weighted by Gasteiger charge is 2.19. The molecule has 1 aliphatic heterocycles. The van der Waals surface area contributed by atoms with Gasteiger partial charge >= 0.3 is 0 Å². The maximum Gasteiger partial charge on any atom is 0.227 e. The third-order valence-corrected chi connectivity index (χ3v) is 4.87. The smallest absolute Gasteiger partial charge is 0.227 e. The average molecular weight is 354 g/mol. The standard InChI is InChI=1S/C21H31N5/c1-4-11-26(12-5-2)21-22-10-9-20(23-21)25-15-13-24(14-16-25)19-8-6-7-18(3)17-19/h6-10,17H,4-5,11-16H2,1-3H3. The molecule has 0 bridgehead atoms. The first-order valence-corrected chi connectivity index (χ1v) is 9.85. The van der Waals surface area contributed by atoms with Gasteiger partial charge in [0.15, 0.2) is 0 Å². The van der Waals surface area contributed by atoms with Gasteiger partial charge in [0.25, 0.3) is 0 Å². The fraction of sp³-hybridized carbons (Fsp3) is 0.524. The summed E-state index contributed by atoms with van der Waals surface area (Å²) in [4.78, 5) is 16.5. The SMILES string of the molecule is CCCN(CCC)c1nccc(N2CCN(c3cccc(C)c3)CC2)n1. The number of nitrogens with zero attached hydrogens (tertiary/aromatic N) is 5. The first-order chi connectivity index (χ1) is 12.7. The summed E-state index contributed by atoms with van der Waals surface area (Å²) < 4.78 is 0. The van der Waals surface area contributed by atoms with Crippen LogP contribution in [0.25, 0.3) is 0 Å². The maximum atomic E-state index is 4.87. The molecule has 0 radical (unpaired) electrons. The number of aromatic nitrogens is 2. The normalized spacial score (nSPS) is 14.6. The molecule has 1 aliphatic rings. The Morgan fingerprint density at radius 2 is 1.65 bits per heavy atom. The van der Waals surface area contributed by atoms with Crippen molar-refractivity contribution in [2.45, 2.75) is 33.6 Å². The average Bonchev–Trinajstić information content (AvgIpc) is 2.68. The molecule has 5 nitrogen and oxygen atoms in total. The van der Waals surface area contributed by atoms with Gasteiger partial charge in [0, 0.05) is 51.2 Å². The summed E-state index contributed by atoms with van der Waals surface area (Å²) in [5, 5.41) is 0. The first-order valence-electron chi connectivity index (χ1n) is 9.85. The van der Waals surface area contributed by atoms with E-state index in [1.807, 2.05) is 12.3 Å². The molecule has 1 aromatic carbocycles. The van der Waals surface area contributed by atoms with Crippen LogP contribution in [0.2, 0.25) is 0 Å². The number of anilines is 3. The Morgan fingerprint density at radius 3 is 2.31 bits per heavy atom. The lowest BCUT2D eigenvalue weighted by molar-refractivity contribution is 0.644. The second kappa shape index (κ2) is 8.88. The van der Waals surface area contributed by atoms with E-state index >= 15 is 0 Å². The first kappa shape index (κ1) is 18.5. The molecule has 1 aromatic heterocycles. The zero-order valence-electron chi connectivity index (χ0n) is 16.4. The number of rotatable bonds is 7. The summed E-state index contributed by atoms with van der Waals surface area (Å²) >= 11 is 0. The van der Waals surface area contributed by atoms with Gasteiger partial charge in [-0.2, -0.15) is 4.98 Å². The van der Waals surface area contributed by atoms with Crippen LogP contribution < -0.4 is 14.7 Å². The zero-order valence-corrected chi connectivity index (χ0v) is 16.4. The molecule has 0 unspecified atom stereocenters. The molecule has 0 N–H and O–H groups in total. The van der Waals surface area contributed by atoms with Gasteiger partial charge in [-0.05, 0) is 43.5 Å². The molecule has 26 heavy (non-hydrogen) atoms. The largest absolute Gasteiger partial charge is 0.368 e. The highest BCUT2D eigenvalue weighted by molar-refractivity contribution is 5.51. The van der Waals surface area contributed by atoms with E-state index < -0.39 is 0 Å². The number of aryl methyl sites for hydroxylation is 1. The predicted molar refractivity (Wildman–Crippen MR) is 110 cm³/mol. The van der Waals surface area contributed by atoms with E-state index in [1.165, 1.54) is 11.3 Å². The monoisotopic (exact) mass is 353 g/mol. The molecule has 0 atom stereocenters. The number of benzene rings is 1. The van der Waals surface area contributed by atoms with E-state index in [4.69, 9.17) is 4.98 Å².